The number of halogens is 1. The van der Waals surface area contributed by atoms with Gasteiger partial charge in [-0.15, -0.1) is 0 Å². The molecular weight excluding hydrogens is 390 g/mol. The number of benzene rings is 1. The van der Waals surface area contributed by atoms with E-state index in [0.717, 1.165) is 14.9 Å². The number of methoxy groups -OCH3 is 1. The fraction of sp³-hybridized carbons (Fsp3) is 0.471. The summed E-state index contributed by atoms with van der Waals surface area (Å²) < 4.78 is 5.63. The van der Waals surface area contributed by atoms with Gasteiger partial charge in [-0.2, -0.15) is 0 Å². The number of nitrogens with one attached hydrogen (secondary N) is 3. The van der Waals surface area contributed by atoms with Crippen molar-refractivity contribution in [3.05, 3.63) is 34.3 Å². The topological polar surface area (TPSA) is 88.9 Å². The van der Waals surface area contributed by atoms with Gasteiger partial charge in [0.15, 0.2) is 12.6 Å². The summed E-state index contributed by atoms with van der Waals surface area (Å²) in [6.45, 7) is 3.12. The van der Waals surface area contributed by atoms with Crippen LogP contribution in [0, 0.1) is 0 Å². The molecule has 1 fully saturated rings. The Balaban J connectivity index is 1.95. The number of hydrogen-bond acceptors (Lipinski definition) is 4. The lowest BCUT2D eigenvalue weighted by Gasteiger charge is -2.31. The summed E-state index contributed by atoms with van der Waals surface area (Å²) in [5, 5.41) is 5.68. The van der Waals surface area contributed by atoms with Gasteiger partial charge in [0.05, 0.1) is 26.2 Å². The lowest BCUT2D eigenvalue weighted by atomic mass is 10.1. The molecule has 8 heteroatoms. The van der Waals surface area contributed by atoms with Gasteiger partial charge in [0.2, 0.25) is 0 Å². The highest BCUT2D eigenvalue weighted by Gasteiger charge is 2.36. The first-order chi connectivity index (χ1) is 11.9. The maximum Gasteiger partial charge on any atom is 0.312 e. The molecule has 7 nitrogen and oxygen atoms in total. The zero-order valence-corrected chi connectivity index (χ0v) is 15.9. The van der Waals surface area contributed by atoms with E-state index in [1.807, 2.05) is 31.2 Å². The molecule has 0 saturated carbocycles. The van der Waals surface area contributed by atoms with E-state index in [1.165, 1.54) is 7.11 Å². The van der Waals surface area contributed by atoms with Gasteiger partial charge in [-0.05, 0) is 24.6 Å². The van der Waals surface area contributed by atoms with Crippen LogP contribution < -0.4 is 15.5 Å². The summed E-state index contributed by atoms with van der Waals surface area (Å²) >= 11 is 3.38. The zero-order chi connectivity index (χ0) is 18.4. The Morgan fingerprint density at radius 1 is 1.40 bits per heavy atom. The van der Waals surface area contributed by atoms with Crippen LogP contribution in [0.4, 0.5) is 0 Å². The number of ether oxygens (including phenoxy) is 1. The van der Waals surface area contributed by atoms with E-state index in [4.69, 9.17) is 0 Å². The van der Waals surface area contributed by atoms with Crippen molar-refractivity contribution in [2.24, 2.45) is 0 Å². The second kappa shape index (κ2) is 8.96. The van der Waals surface area contributed by atoms with E-state index in [2.05, 4.69) is 31.3 Å². The van der Waals surface area contributed by atoms with Gasteiger partial charge in [-0.3, -0.25) is 14.4 Å². The van der Waals surface area contributed by atoms with Gasteiger partial charge >= 0.3 is 5.97 Å². The van der Waals surface area contributed by atoms with Crippen LogP contribution in [0.1, 0.15) is 24.9 Å². The number of carbonyl (C=O) groups is 3. The van der Waals surface area contributed by atoms with Crippen LogP contribution in [0.2, 0.25) is 0 Å². The van der Waals surface area contributed by atoms with Crippen LogP contribution in [-0.4, -0.2) is 50.6 Å². The van der Waals surface area contributed by atoms with Crippen molar-refractivity contribution in [2.75, 3.05) is 26.7 Å². The molecule has 1 aromatic rings. The molecule has 136 valence electrons. The van der Waals surface area contributed by atoms with Gasteiger partial charge in [0, 0.05) is 4.47 Å². The predicted molar refractivity (Wildman–Crippen MR) is 94.8 cm³/mol. The predicted octanol–water partition coefficient (Wildman–Crippen LogP) is -0.427. The molecule has 25 heavy (non-hydrogen) atoms. The standard InChI is InChI=1S/C17H22BrN3O4/c1-11(12-3-5-13(18)6-4-12)20-15(22)10-21-8-7-19-17(24)14(21)9-16(23)25-2/h3-6,11,14H,7-10H2,1-2H3,(H,19,24)(H,20,22)/p+1/t11-,14+/m1/s1. The minimum atomic E-state index is -0.602. The molecule has 0 bridgehead atoms. The second-order valence-corrected chi connectivity index (χ2v) is 6.97. The Hall–Kier alpha value is -1.93. The molecule has 2 amide bonds. The number of hydrogen-bond donors (Lipinski definition) is 3. The Bertz CT molecular complexity index is 635. The highest BCUT2D eigenvalue weighted by Crippen LogP contribution is 2.16. The second-order valence-electron chi connectivity index (χ2n) is 6.05. The maximum absolute atomic E-state index is 12.4. The lowest BCUT2D eigenvalue weighted by Crippen LogP contribution is -3.20. The van der Waals surface area contributed by atoms with Crippen molar-refractivity contribution < 1.29 is 24.0 Å². The molecule has 2 rings (SSSR count). The Labute approximate surface area is 155 Å². The van der Waals surface area contributed by atoms with Crippen molar-refractivity contribution in [2.45, 2.75) is 25.4 Å². The maximum atomic E-state index is 12.4. The monoisotopic (exact) mass is 412 g/mol. The summed E-state index contributed by atoms with van der Waals surface area (Å²) in [6.07, 6.45) is -0.0345. The number of piperazine rings is 1. The summed E-state index contributed by atoms with van der Waals surface area (Å²) in [5.41, 5.74) is 0.994. The summed E-state index contributed by atoms with van der Waals surface area (Å²) in [7, 11) is 1.29. The zero-order valence-electron chi connectivity index (χ0n) is 14.3. The average Bonchev–Trinajstić information content (AvgIpc) is 2.58. The van der Waals surface area contributed by atoms with Gasteiger partial charge in [0.25, 0.3) is 11.8 Å². The van der Waals surface area contributed by atoms with E-state index in [0.29, 0.717) is 13.1 Å². The van der Waals surface area contributed by atoms with Gasteiger partial charge < -0.3 is 20.3 Å². The van der Waals surface area contributed by atoms with E-state index in [9.17, 15) is 14.4 Å². The Kier molecular flexibility index (Phi) is 6.95. The minimum absolute atomic E-state index is 0.0345. The third-order valence-electron chi connectivity index (χ3n) is 4.29. The summed E-state index contributed by atoms with van der Waals surface area (Å²) in [4.78, 5) is 36.7. The highest BCUT2D eigenvalue weighted by molar-refractivity contribution is 9.10. The Morgan fingerprint density at radius 3 is 2.72 bits per heavy atom. The summed E-state index contributed by atoms with van der Waals surface area (Å²) in [5.74, 6) is -0.835. The molecular formula is C17H23BrN3O4+. The van der Waals surface area contributed by atoms with Crippen molar-refractivity contribution in [3.63, 3.8) is 0 Å². The highest BCUT2D eigenvalue weighted by atomic mass is 79.9. The van der Waals surface area contributed by atoms with Crippen LogP contribution in [-0.2, 0) is 19.1 Å². The summed E-state index contributed by atoms with van der Waals surface area (Å²) in [6, 6.07) is 6.98. The van der Waals surface area contributed by atoms with Gasteiger partial charge in [-0.1, -0.05) is 28.1 Å². The minimum Gasteiger partial charge on any atom is -0.469 e. The lowest BCUT2D eigenvalue weighted by molar-refractivity contribution is -0.909. The van der Waals surface area contributed by atoms with Crippen LogP contribution in [0.3, 0.4) is 0 Å². The first kappa shape index (κ1) is 19.4. The SMILES string of the molecule is COC(=O)C[C@H]1C(=O)NCC[NH+]1CC(=O)N[C@H](C)c1ccc(Br)cc1. The molecule has 1 heterocycles. The number of esters is 1. The average molecular weight is 413 g/mol. The molecule has 1 aliphatic rings. The number of amides is 2. The molecule has 1 unspecified atom stereocenters. The molecule has 1 aliphatic heterocycles. The van der Waals surface area contributed by atoms with Crippen LogP contribution in [0.15, 0.2) is 28.7 Å². The molecule has 3 atom stereocenters. The molecule has 0 radical (unpaired) electrons. The first-order valence-corrected chi connectivity index (χ1v) is 8.94. The first-order valence-electron chi connectivity index (χ1n) is 8.14. The van der Waals surface area contributed by atoms with E-state index in [-0.39, 0.29) is 30.8 Å². The quantitative estimate of drug-likeness (QED) is 0.553. The van der Waals surface area contributed by atoms with Crippen LogP contribution in [0.25, 0.3) is 0 Å². The van der Waals surface area contributed by atoms with E-state index >= 15 is 0 Å². The third kappa shape index (κ3) is 5.54. The molecule has 1 aromatic carbocycles. The van der Waals surface area contributed by atoms with Crippen LogP contribution >= 0.6 is 15.9 Å². The molecule has 0 aromatic heterocycles. The molecule has 0 aliphatic carbocycles. The molecule has 0 spiro atoms. The van der Waals surface area contributed by atoms with Crippen molar-refractivity contribution in [1.29, 1.82) is 0 Å². The normalized spacial score (nSPS) is 21.2. The van der Waals surface area contributed by atoms with Crippen molar-refractivity contribution in [3.8, 4) is 0 Å². The smallest absolute Gasteiger partial charge is 0.312 e. The van der Waals surface area contributed by atoms with E-state index in [1.54, 1.807) is 0 Å². The Morgan fingerprint density at radius 2 is 2.08 bits per heavy atom. The third-order valence-corrected chi connectivity index (χ3v) is 4.82. The van der Waals surface area contributed by atoms with Gasteiger partial charge in [0.1, 0.15) is 6.42 Å². The largest absolute Gasteiger partial charge is 0.469 e. The number of quaternary nitrogens is 1. The fourth-order valence-corrected chi connectivity index (χ4v) is 3.13. The number of rotatable bonds is 6. The van der Waals surface area contributed by atoms with Gasteiger partial charge in [-0.25, -0.2) is 0 Å². The molecule has 3 N–H and O–H groups in total. The number of carbonyl (C=O) groups excluding carboxylic acids is 3. The van der Waals surface area contributed by atoms with Crippen molar-refractivity contribution in [1.82, 2.24) is 10.6 Å². The van der Waals surface area contributed by atoms with E-state index < -0.39 is 12.0 Å². The van der Waals surface area contributed by atoms with Crippen LogP contribution in [0.5, 0.6) is 0 Å². The molecule has 1 saturated heterocycles. The van der Waals surface area contributed by atoms with Crippen molar-refractivity contribution >= 4 is 33.7 Å². The fourth-order valence-electron chi connectivity index (χ4n) is 2.86.